The molecule has 15 heavy (non-hydrogen) atoms. The van der Waals surface area contributed by atoms with Crippen molar-refractivity contribution < 1.29 is 9.26 Å². The summed E-state index contributed by atoms with van der Waals surface area (Å²) >= 11 is 1.98. The van der Waals surface area contributed by atoms with Gasteiger partial charge >= 0.3 is 0 Å². The van der Waals surface area contributed by atoms with Crippen LogP contribution < -0.4 is 5.32 Å². The van der Waals surface area contributed by atoms with Crippen molar-refractivity contribution >= 4 is 11.8 Å². The first-order valence-corrected chi connectivity index (χ1v) is 6.15. The third-order valence-electron chi connectivity index (χ3n) is 2.26. The molecule has 1 N–H and O–H groups in total. The average Bonchev–Trinajstić information content (AvgIpc) is 2.85. The van der Waals surface area contributed by atoms with Gasteiger partial charge < -0.3 is 14.6 Å². The van der Waals surface area contributed by atoms with Gasteiger partial charge in [0.2, 0.25) is 0 Å². The second-order valence-electron chi connectivity index (χ2n) is 3.48. The van der Waals surface area contributed by atoms with Crippen LogP contribution in [0.3, 0.4) is 0 Å². The molecule has 0 bridgehead atoms. The van der Waals surface area contributed by atoms with Crippen LogP contribution in [-0.4, -0.2) is 34.8 Å². The summed E-state index contributed by atoms with van der Waals surface area (Å²) in [6.07, 6.45) is 1.23. The molecule has 0 saturated carbocycles. The summed E-state index contributed by atoms with van der Waals surface area (Å²) in [5, 5.41) is 7.27. The summed E-state index contributed by atoms with van der Waals surface area (Å²) in [4.78, 5) is 4.19. The summed E-state index contributed by atoms with van der Waals surface area (Å²) in [6.45, 7) is 1.06. The molecular formula is C9H15N3O2S. The normalized spacial score (nSPS) is 21.0. The van der Waals surface area contributed by atoms with E-state index in [1.807, 2.05) is 11.8 Å². The molecule has 1 fully saturated rings. The van der Waals surface area contributed by atoms with Gasteiger partial charge in [-0.3, -0.25) is 0 Å². The van der Waals surface area contributed by atoms with E-state index in [-0.39, 0.29) is 0 Å². The summed E-state index contributed by atoms with van der Waals surface area (Å²) in [6, 6.07) is 0.597. The average molecular weight is 229 g/mol. The van der Waals surface area contributed by atoms with Crippen molar-refractivity contribution in [3.8, 4) is 0 Å². The Bertz CT molecular complexity index is 299. The SMILES string of the molecule is COCc1nc(CN[C@@H]2CCSC2)no1. The minimum Gasteiger partial charge on any atom is -0.375 e. The number of rotatable bonds is 5. The molecular weight excluding hydrogens is 214 g/mol. The van der Waals surface area contributed by atoms with Crippen LogP contribution >= 0.6 is 11.8 Å². The van der Waals surface area contributed by atoms with Crippen molar-refractivity contribution in [1.82, 2.24) is 15.5 Å². The van der Waals surface area contributed by atoms with Crippen LogP contribution in [0.5, 0.6) is 0 Å². The first-order chi connectivity index (χ1) is 7.38. The molecule has 2 rings (SSSR count). The van der Waals surface area contributed by atoms with E-state index >= 15 is 0 Å². The highest BCUT2D eigenvalue weighted by Gasteiger charge is 2.15. The van der Waals surface area contributed by atoms with Crippen LogP contribution in [0.25, 0.3) is 0 Å². The lowest BCUT2D eigenvalue weighted by Gasteiger charge is -2.07. The Morgan fingerprint density at radius 1 is 1.67 bits per heavy atom. The topological polar surface area (TPSA) is 60.2 Å². The fourth-order valence-electron chi connectivity index (χ4n) is 1.48. The van der Waals surface area contributed by atoms with E-state index in [2.05, 4.69) is 15.5 Å². The Kier molecular flexibility index (Phi) is 3.99. The fraction of sp³-hybridized carbons (Fsp3) is 0.778. The number of thioether (sulfide) groups is 1. The van der Waals surface area contributed by atoms with Gasteiger partial charge in [-0.2, -0.15) is 16.7 Å². The highest BCUT2D eigenvalue weighted by molar-refractivity contribution is 7.99. The predicted molar refractivity (Wildman–Crippen MR) is 57.6 cm³/mol. The van der Waals surface area contributed by atoms with Gasteiger partial charge in [0.15, 0.2) is 5.82 Å². The summed E-state index contributed by atoms with van der Waals surface area (Å²) in [5.74, 6) is 3.68. The van der Waals surface area contributed by atoms with Gasteiger partial charge in [0.1, 0.15) is 6.61 Å². The Morgan fingerprint density at radius 2 is 2.60 bits per heavy atom. The summed E-state index contributed by atoms with van der Waals surface area (Å²) in [7, 11) is 1.61. The maximum Gasteiger partial charge on any atom is 0.252 e. The first kappa shape index (κ1) is 10.9. The molecule has 0 radical (unpaired) electrons. The van der Waals surface area contributed by atoms with Gasteiger partial charge in [-0.05, 0) is 12.2 Å². The number of methoxy groups -OCH3 is 1. The monoisotopic (exact) mass is 229 g/mol. The van der Waals surface area contributed by atoms with E-state index < -0.39 is 0 Å². The smallest absolute Gasteiger partial charge is 0.252 e. The molecule has 0 unspecified atom stereocenters. The highest BCUT2D eigenvalue weighted by Crippen LogP contribution is 2.17. The van der Waals surface area contributed by atoms with E-state index in [1.54, 1.807) is 7.11 Å². The van der Waals surface area contributed by atoms with Gasteiger partial charge in [0, 0.05) is 18.9 Å². The van der Waals surface area contributed by atoms with Crippen LogP contribution in [0.1, 0.15) is 18.1 Å². The Morgan fingerprint density at radius 3 is 3.33 bits per heavy atom. The quantitative estimate of drug-likeness (QED) is 0.806. The molecule has 1 atom stereocenters. The lowest BCUT2D eigenvalue weighted by molar-refractivity contribution is 0.151. The molecule has 1 saturated heterocycles. The maximum absolute atomic E-state index is 4.99. The van der Waals surface area contributed by atoms with Crippen molar-refractivity contribution in [2.24, 2.45) is 0 Å². The predicted octanol–water partition coefficient (Wildman–Crippen LogP) is 0.811. The molecule has 1 aliphatic heterocycles. The van der Waals surface area contributed by atoms with E-state index in [4.69, 9.17) is 9.26 Å². The van der Waals surface area contributed by atoms with Gasteiger partial charge in [0.05, 0.1) is 6.54 Å². The molecule has 0 spiro atoms. The minimum absolute atomic E-state index is 0.381. The number of aromatic nitrogens is 2. The summed E-state index contributed by atoms with van der Waals surface area (Å²) < 4.78 is 9.89. The number of hydrogen-bond donors (Lipinski definition) is 1. The van der Waals surface area contributed by atoms with Crippen molar-refractivity contribution in [2.45, 2.75) is 25.6 Å². The molecule has 1 aromatic heterocycles. The van der Waals surface area contributed by atoms with E-state index in [0.29, 0.717) is 30.9 Å². The largest absolute Gasteiger partial charge is 0.375 e. The molecule has 0 aliphatic carbocycles. The van der Waals surface area contributed by atoms with Crippen molar-refractivity contribution in [2.75, 3.05) is 18.6 Å². The molecule has 6 heteroatoms. The lowest BCUT2D eigenvalue weighted by Crippen LogP contribution is -2.28. The third-order valence-corrected chi connectivity index (χ3v) is 3.42. The zero-order valence-electron chi connectivity index (χ0n) is 8.73. The minimum atomic E-state index is 0.381. The molecule has 84 valence electrons. The second kappa shape index (κ2) is 5.48. The molecule has 1 aromatic rings. The van der Waals surface area contributed by atoms with Crippen LogP contribution in [0, 0.1) is 0 Å². The molecule has 5 nitrogen and oxygen atoms in total. The Balaban J connectivity index is 1.77. The first-order valence-electron chi connectivity index (χ1n) is 5.00. The standard InChI is InChI=1S/C9H15N3O2S/c1-13-5-9-11-8(12-14-9)4-10-7-2-3-15-6-7/h7,10H,2-6H2,1H3/t7-/m1/s1. The molecule has 0 aromatic carbocycles. The zero-order chi connectivity index (χ0) is 10.5. The van der Waals surface area contributed by atoms with Crippen LogP contribution in [-0.2, 0) is 17.9 Å². The van der Waals surface area contributed by atoms with E-state index in [9.17, 15) is 0 Å². The number of nitrogens with one attached hydrogen (secondary N) is 1. The van der Waals surface area contributed by atoms with Gasteiger partial charge in [-0.1, -0.05) is 5.16 Å². The molecule has 1 aliphatic rings. The van der Waals surface area contributed by atoms with Crippen LogP contribution in [0.4, 0.5) is 0 Å². The van der Waals surface area contributed by atoms with Crippen molar-refractivity contribution in [3.05, 3.63) is 11.7 Å². The third kappa shape index (κ3) is 3.19. The number of hydrogen-bond acceptors (Lipinski definition) is 6. The number of ether oxygens (including phenoxy) is 1. The lowest BCUT2D eigenvalue weighted by atomic mass is 10.2. The van der Waals surface area contributed by atoms with E-state index in [1.165, 1.54) is 17.9 Å². The van der Waals surface area contributed by atoms with Gasteiger partial charge in [-0.25, -0.2) is 0 Å². The van der Waals surface area contributed by atoms with Crippen LogP contribution in [0.2, 0.25) is 0 Å². The van der Waals surface area contributed by atoms with Gasteiger partial charge in [0.25, 0.3) is 5.89 Å². The second-order valence-corrected chi connectivity index (χ2v) is 4.63. The van der Waals surface area contributed by atoms with E-state index in [0.717, 1.165) is 0 Å². The Hall–Kier alpha value is -0.590. The summed E-state index contributed by atoms with van der Waals surface area (Å²) in [5.41, 5.74) is 0. The fourth-order valence-corrected chi connectivity index (χ4v) is 2.66. The Labute approximate surface area is 93.0 Å². The highest BCUT2D eigenvalue weighted by atomic mass is 32.2. The molecule has 2 heterocycles. The van der Waals surface area contributed by atoms with Crippen molar-refractivity contribution in [1.29, 1.82) is 0 Å². The molecule has 0 amide bonds. The van der Waals surface area contributed by atoms with Crippen LogP contribution in [0.15, 0.2) is 4.52 Å². The number of nitrogens with zero attached hydrogens (tertiary/aromatic N) is 2. The van der Waals surface area contributed by atoms with Crippen molar-refractivity contribution in [3.63, 3.8) is 0 Å². The maximum atomic E-state index is 4.99. The van der Waals surface area contributed by atoms with Gasteiger partial charge in [-0.15, -0.1) is 0 Å². The zero-order valence-corrected chi connectivity index (χ0v) is 9.55.